The van der Waals surface area contributed by atoms with Gasteiger partial charge in [-0.1, -0.05) is 132 Å². The van der Waals surface area contributed by atoms with Crippen molar-refractivity contribution in [3.63, 3.8) is 0 Å². The van der Waals surface area contributed by atoms with E-state index < -0.39 is 10.1 Å². The molecule has 188 valence electrons. The molecule has 0 aliphatic carbocycles. The first-order valence-electron chi connectivity index (χ1n) is 13.1. The maximum Gasteiger partial charge on any atom is 0.295 e. The van der Waals surface area contributed by atoms with Gasteiger partial charge in [0.15, 0.2) is 0 Å². The summed E-state index contributed by atoms with van der Waals surface area (Å²) >= 11 is 3.03. The van der Waals surface area contributed by atoms with Gasteiger partial charge in [0, 0.05) is 19.6 Å². The Morgan fingerprint density at radius 2 is 1.15 bits per heavy atom. The molecule has 0 aromatic heterocycles. The predicted octanol–water partition coefficient (Wildman–Crippen LogP) is 9.57. The Balaban J connectivity index is 1.39. The van der Waals surface area contributed by atoms with Crippen LogP contribution in [0.25, 0.3) is 0 Å². The van der Waals surface area contributed by atoms with Gasteiger partial charge < -0.3 is 0 Å². The minimum absolute atomic E-state index is 0.117. The molecule has 0 saturated carbocycles. The Bertz CT molecular complexity index is 1000. The number of unbranched alkanes of at least 4 members (excludes halogenated alkanes) is 13. The summed E-state index contributed by atoms with van der Waals surface area (Å²) < 4.78 is 34.7. The second kappa shape index (κ2) is 14.6. The lowest BCUT2D eigenvalue weighted by Gasteiger charge is -2.21. The van der Waals surface area contributed by atoms with Gasteiger partial charge in [-0.15, -0.1) is 0 Å². The Morgan fingerprint density at radius 3 is 1.68 bits per heavy atom. The highest BCUT2D eigenvalue weighted by Crippen LogP contribution is 2.51. The summed E-state index contributed by atoms with van der Waals surface area (Å²) in [5, 5.41) is 0. The molecule has 0 bridgehead atoms. The van der Waals surface area contributed by atoms with E-state index in [0.717, 1.165) is 33.1 Å². The molecule has 0 radical (unpaired) electrons. The molecule has 0 saturated heterocycles. The van der Waals surface area contributed by atoms with Crippen LogP contribution in [0, 0.1) is 0 Å². The Hall–Kier alpha value is -0.950. The summed E-state index contributed by atoms with van der Waals surface area (Å²) in [6.45, 7) is 2.27. The molecular formula is C28H40O3S3. The van der Waals surface area contributed by atoms with Gasteiger partial charge in [-0.25, -0.2) is 0 Å². The van der Waals surface area contributed by atoms with Crippen molar-refractivity contribution in [2.45, 2.75) is 128 Å². The van der Waals surface area contributed by atoms with Gasteiger partial charge in [0.1, 0.15) is 4.90 Å². The Labute approximate surface area is 215 Å². The number of fused-ring (bicyclic) bond motifs is 2. The first-order chi connectivity index (χ1) is 16.5. The van der Waals surface area contributed by atoms with Gasteiger partial charge in [0.2, 0.25) is 0 Å². The number of benzene rings is 2. The van der Waals surface area contributed by atoms with Crippen LogP contribution in [0.5, 0.6) is 0 Å². The van der Waals surface area contributed by atoms with E-state index >= 15 is 0 Å². The van der Waals surface area contributed by atoms with E-state index in [2.05, 4.69) is 6.92 Å². The highest BCUT2D eigenvalue weighted by atomic mass is 32.2. The lowest BCUT2D eigenvalue weighted by atomic mass is 10.0. The van der Waals surface area contributed by atoms with Gasteiger partial charge in [0.25, 0.3) is 10.1 Å². The van der Waals surface area contributed by atoms with E-state index in [-0.39, 0.29) is 4.90 Å². The van der Waals surface area contributed by atoms with Crippen LogP contribution in [0.1, 0.15) is 102 Å². The number of aryl methyl sites for hydroxylation is 1. The zero-order valence-corrected chi connectivity index (χ0v) is 23.0. The van der Waals surface area contributed by atoms with Crippen LogP contribution in [0.3, 0.4) is 0 Å². The maximum absolute atomic E-state index is 12.3. The third-order valence-electron chi connectivity index (χ3n) is 6.50. The molecule has 1 aliphatic heterocycles. The van der Waals surface area contributed by atoms with Crippen molar-refractivity contribution in [3.8, 4) is 0 Å². The molecule has 2 aromatic rings. The normalized spacial score (nSPS) is 13.0. The molecule has 0 fully saturated rings. The summed E-state index contributed by atoms with van der Waals surface area (Å²) in [6, 6.07) is 11.9. The largest absolute Gasteiger partial charge is 0.295 e. The number of rotatable bonds is 16. The third kappa shape index (κ3) is 8.61. The Kier molecular flexibility index (Phi) is 11.8. The van der Waals surface area contributed by atoms with Crippen LogP contribution in [-0.4, -0.2) is 13.0 Å². The lowest BCUT2D eigenvalue weighted by Crippen LogP contribution is -2.08. The van der Waals surface area contributed by atoms with Crippen LogP contribution in [0.15, 0.2) is 60.9 Å². The molecule has 0 atom stereocenters. The molecule has 1 heterocycles. The van der Waals surface area contributed by atoms with E-state index in [9.17, 15) is 13.0 Å². The number of hydrogen-bond acceptors (Lipinski definition) is 4. The highest BCUT2D eigenvalue weighted by Gasteiger charge is 2.27. The number of hydrogen-bond donors (Lipinski definition) is 1. The molecular weight excluding hydrogens is 481 g/mol. The third-order valence-corrected chi connectivity index (χ3v) is 10.2. The van der Waals surface area contributed by atoms with Crippen LogP contribution < -0.4 is 0 Å². The van der Waals surface area contributed by atoms with Crippen molar-refractivity contribution < 1.29 is 13.0 Å². The van der Waals surface area contributed by atoms with Crippen molar-refractivity contribution >= 4 is 33.6 Å². The van der Waals surface area contributed by atoms with E-state index in [1.807, 2.05) is 36.4 Å². The summed E-state index contributed by atoms with van der Waals surface area (Å²) in [7, 11) is -4.28. The van der Waals surface area contributed by atoms with Crippen LogP contribution in [0.2, 0.25) is 0 Å². The molecule has 3 nitrogen and oxygen atoms in total. The monoisotopic (exact) mass is 520 g/mol. The topological polar surface area (TPSA) is 54.4 Å². The standard InChI is InChI=1S/C28H40O3S3/c1-2-3-4-5-6-7-8-9-10-11-12-13-14-15-18-23-21-22-26-27(28(23)34(29,30)31)33-25-20-17-16-19-24(25)32-26/h16-17,19-22H,2-15,18H2,1H3,(H,29,30,31). The predicted molar refractivity (Wildman–Crippen MR) is 145 cm³/mol. The average molecular weight is 521 g/mol. The minimum Gasteiger partial charge on any atom is -0.282 e. The van der Waals surface area contributed by atoms with Crippen molar-refractivity contribution in [2.24, 2.45) is 0 Å². The van der Waals surface area contributed by atoms with Gasteiger partial charge in [-0.2, -0.15) is 8.42 Å². The molecule has 3 rings (SSSR count). The van der Waals surface area contributed by atoms with Crippen molar-refractivity contribution in [2.75, 3.05) is 0 Å². The van der Waals surface area contributed by atoms with Crippen LogP contribution in [0.4, 0.5) is 0 Å². The summed E-state index contributed by atoms with van der Waals surface area (Å²) in [4.78, 5) is 3.86. The molecule has 2 aromatic carbocycles. The van der Waals surface area contributed by atoms with Gasteiger partial charge >= 0.3 is 0 Å². The Morgan fingerprint density at radius 1 is 0.647 bits per heavy atom. The van der Waals surface area contributed by atoms with E-state index in [4.69, 9.17) is 0 Å². The average Bonchev–Trinajstić information content (AvgIpc) is 2.82. The van der Waals surface area contributed by atoms with Crippen molar-refractivity contribution in [1.29, 1.82) is 0 Å². The summed E-state index contributed by atoms with van der Waals surface area (Å²) in [6.07, 6.45) is 18.9. The molecule has 34 heavy (non-hydrogen) atoms. The lowest BCUT2D eigenvalue weighted by molar-refractivity contribution is 0.478. The van der Waals surface area contributed by atoms with Gasteiger partial charge in [-0.3, -0.25) is 4.55 Å². The summed E-state index contributed by atoms with van der Waals surface area (Å²) in [5.74, 6) is 0. The second-order valence-corrected chi connectivity index (χ2v) is 12.8. The quantitative estimate of drug-likeness (QED) is 0.150. The van der Waals surface area contributed by atoms with Crippen LogP contribution in [-0.2, 0) is 16.5 Å². The zero-order chi connectivity index (χ0) is 24.2. The molecule has 1 aliphatic rings. The van der Waals surface area contributed by atoms with Crippen molar-refractivity contribution in [3.05, 3.63) is 42.0 Å². The first kappa shape index (κ1) is 27.6. The SMILES string of the molecule is CCCCCCCCCCCCCCCCc1ccc2c(c1S(=O)(=O)O)Sc1ccccc1S2. The maximum atomic E-state index is 12.3. The fourth-order valence-corrected chi connectivity index (χ4v) is 8.26. The second-order valence-electron chi connectivity index (χ2n) is 9.35. The van der Waals surface area contributed by atoms with Gasteiger partial charge in [-0.05, 0) is 36.6 Å². The molecule has 0 amide bonds. The van der Waals surface area contributed by atoms with E-state index in [1.165, 1.54) is 88.8 Å². The fourth-order valence-electron chi connectivity index (χ4n) is 4.60. The smallest absolute Gasteiger partial charge is 0.282 e. The fraction of sp³-hybridized carbons (Fsp3) is 0.571. The van der Waals surface area contributed by atoms with Gasteiger partial charge in [0.05, 0.1) is 0 Å². The van der Waals surface area contributed by atoms with E-state index in [1.54, 1.807) is 11.8 Å². The molecule has 1 N–H and O–H groups in total. The highest BCUT2D eigenvalue weighted by molar-refractivity contribution is 8.05. The molecule has 0 spiro atoms. The van der Waals surface area contributed by atoms with Crippen LogP contribution >= 0.6 is 23.5 Å². The van der Waals surface area contributed by atoms with Crippen molar-refractivity contribution in [1.82, 2.24) is 0 Å². The first-order valence-corrected chi connectivity index (χ1v) is 16.2. The molecule has 0 unspecified atom stereocenters. The van der Waals surface area contributed by atoms with E-state index in [0.29, 0.717) is 11.3 Å². The molecule has 6 heteroatoms. The summed E-state index contributed by atoms with van der Waals surface area (Å²) in [5.41, 5.74) is 0.743. The zero-order valence-electron chi connectivity index (χ0n) is 20.6. The minimum atomic E-state index is -4.28.